The molecule has 0 aliphatic rings. The lowest BCUT2D eigenvalue weighted by atomic mass is 9.94. The number of anilines is 6. The van der Waals surface area contributed by atoms with Crippen molar-refractivity contribution < 1.29 is 4.42 Å². The van der Waals surface area contributed by atoms with Gasteiger partial charge in [0.2, 0.25) is 0 Å². The fraction of sp³-hybridized carbons (Fsp3) is 0. The Morgan fingerprint density at radius 2 is 0.663 bits per heavy atom. The van der Waals surface area contributed by atoms with Gasteiger partial charge >= 0.3 is 0 Å². The highest BCUT2D eigenvalue weighted by Crippen LogP contribution is 2.47. The van der Waals surface area contributed by atoms with Crippen molar-refractivity contribution in [1.82, 2.24) is 4.57 Å². The molecule has 0 bridgehead atoms. The summed E-state index contributed by atoms with van der Waals surface area (Å²) in [5.41, 5.74) is 20.8. The Bertz CT molecular complexity index is 5820. The Labute approximate surface area is 532 Å². The van der Waals surface area contributed by atoms with E-state index in [0.717, 1.165) is 100 Å². The Balaban J connectivity index is 0.798. The molecule has 2 aromatic heterocycles. The molecule has 0 unspecified atom stereocenters. The van der Waals surface area contributed by atoms with E-state index in [4.69, 9.17) is 4.42 Å². The fourth-order valence-corrected chi connectivity index (χ4v) is 14.4. The molecule has 16 aromatic carbocycles. The molecular weight excluding hydrogens is 1110 g/mol. The lowest BCUT2D eigenvalue weighted by Gasteiger charge is -2.28. The zero-order valence-electron chi connectivity index (χ0n) is 50.2. The standard InChI is InChI=1S/C88H57N3O/c1-4-19-58(20-5-1)59-35-44-67(45-36-59)90(84-54-51-70(61-21-6-2-7-22-61)72-25-14-15-30-78(72)84)68-49-53-86-83(57-68)82-55-63(41-52-85(82)91(86)69-48-50-77-75-28-11-10-26-73(75)74-27-12-13-29-76(74)81(77)56-69)60-37-42-65(43-38-60)89(64-23-8-3-9-24-64)66-46-39-62(40-47-66)71-32-18-33-80-79-31-16-17-34-87(79)92-88(71)80/h1-57H. The number of nitrogens with zero attached hydrogens (tertiary/aromatic N) is 3. The molecule has 4 heteroatoms. The number of hydrogen-bond acceptors (Lipinski definition) is 3. The number of hydrogen-bond donors (Lipinski definition) is 0. The van der Waals surface area contributed by atoms with Gasteiger partial charge in [-0.25, -0.2) is 0 Å². The molecule has 0 aliphatic carbocycles. The Hall–Kier alpha value is -12.2. The summed E-state index contributed by atoms with van der Waals surface area (Å²) in [4.78, 5) is 4.79. The molecule has 0 fully saturated rings. The van der Waals surface area contributed by atoms with Crippen LogP contribution in [0.4, 0.5) is 34.1 Å². The van der Waals surface area contributed by atoms with Crippen LogP contribution in [0.15, 0.2) is 350 Å². The maximum atomic E-state index is 6.48. The fourth-order valence-electron chi connectivity index (χ4n) is 14.4. The van der Waals surface area contributed by atoms with E-state index in [1.165, 1.54) is 70.7 Å². The number of benzene rings is 16. The van der Waals surface area contributed by atoms with Crippen LogP contribution in [-0.4, -0.2) is 4.57 Å². The molecule has 18 aromatic rings. The van der Waals surface area contributed by atoms with E-state index in [2.05, 4.69) is 348 Å². The van der Waals surface area contributed by atoms with Crippen LogP contribution in [-0.2, 0) is 0 Å². The van der Waals surface area contributed by atoms with Crippen molar-refractivity contribution in [1.29, 1.82) is 0 Å². The van der Waals surface area contributed by atoms with Crippen molar-refractivity contribution in [3.05, 3.63) is 346 Å². The third-order valence-electron chi connectivity index (χ3n) is 18.8. The summed E-state index contributed by atoms with van der Waals surface area (Å²) in [7, 11) is 0. The van der Waals surface area contributed by atoms with Crippen LogP contribution >= 0.6 is 0 Å². The zero-order chi connectivity index (χ0) is 60.6. The molecule has 0 aliphatic heterocycles. The monoisotopic (exact) mass is 1170 g/mol. The minimum atomic E-state index is 0.897. The van der Waals surface area contributed by atoms with E-state index < -0.39 is 0 Å². The maximum absolute atomic E-state index is 6.48. The zero-order valence-corrected chi connectivity index (χ0v) is 50.2. The van der Waals surface area contributed by atoms with Gasteiger partial charge in [0.05, 0.1) is 16.7 Å². The number of aromatic nitrogens is 1. The predicted molar refractivity (Wildman–Crippen MR) is 389 cm³/mol. The van der Waals surface area contributed by atoms with Crippen LogP contribution in [0.1, 0.15) is 0 Å². The average Bonchev–Trinajstić information content (AvgIpc) is 1.42. The van der Waals surface area contributed by atoms with Gasteiger partial charge in [0, 0.05) is 66.6 Å². The highest BCUT2D eigenvalue weighted by atomic mass is 16.3. The summed E-state index contributed by atoms with van der Waals surface area (Å²) < 4.78 is 8.96. The Kier molecular flexibility index (Phi) is 12.5. The molecule has 18 rings (SSSR count). The van der Waals surface area contributed by atoms with Crippen LogP contribution in [0.5, 0.6) is 0 Å². The van der Waals surface area contributed by atoms with Crippen molar-refractivity contribution >= 4 is 121 Å². The van der Waals surface area contributed by atoms with Crippen LogP contribution in [0.25, 0.3) is 137 Å². The lowest BCUT2D eigenvalue weighted by molar-refractivity contribution is 0.670. The molecule has 0 saturated carbocycles. The summed E-state index contributed by atoms with van der Waals surface area (Å²) in [5.74, 6) is 0. The van der Waals surface area contributed by atoms with Gasteiger partial charge in [0.15, 0.2) is 0 Å². The molecule has 0 radical (unpaired) electrons. The van der Waals surface area contributed by atoms with Crippen molar-refractivity contribution in [3.63, 3.8) is 0 Å². The Morgan fingerprint density at radius 1 is 0.217 bits per heavy atom. The van der Waals surface area contributed by atoms with E-state index in [0.29, 0.717) is 0 Å². The van der Waals surface area contributed by atoms with Crippen molar-refractivity contribution in [2.75, 3.05) is 9.80 Å². The van der Waals surface area contributed by atoms with Crippen LogP contribution in [0.3, 0.4) is 0 Å². The van der Waals surface area contributed by atoms with Crippen molar-refractivity contribution in [2.24, 2.45) is 0 Å². The second-order valence-electron chi connectivity index (χ2n) is 23.9. The van der Waals surface area contributed by atoms with E-state index >= 15 is 0 Å². The third-order valence-corrected chi connectivity index (χ3v) is 18.8. The number of fused-ring (bicyclic) bond motifs is 13. The van der Waals surface area contributed by atoms with E-state index in [1.807, 2.05) is 12.1 Å². The quantitative estimate of drug-likeness (QED) is 0.121. The Morgan fingerprint density at radius 3 is 1.33 bits per heavy atom. The topological polar surface area (TPSA) is 24.6 Å². The smallest absolute Gasteiger partial charge is 0.143 e. The van der Waals surface area contributed by atoms with Gasteiger partial charge in [0.25, 0.3) is 0 Å². The highest BCUT2D eigenvalue weighted by molar-refractivity contribution is 6.26. The van der Waals surface area contributed by atoms with E-state index in [1.54, 1.807) is 0 Å². The second kappa shape index (κ2) is 21.8. The third kappa shape index (κ3) is 8.83. The predicted octanol–water partition coefficient (Wildman–Crippen LogP) is 24.9. The van der Waals surface area contributed by atoms with Gasteiger partial charge in [-0.05, 0) is 180 Å². The first kappa shape index (κ1) is 52.8. The van der Waals surface area contributed by atoms with Gasteiger partial charge in [-0.1, -0.05) is 243 Å². The average molecular weight is 1170 g/mol. The van der Waals surface area contributed by atoms with Gasteiger partial charge < -0.3 is 18.8 Å². The first-order chi connectivity index (χ1) is 45.6. The van der Waals surface area contributed by atoms with Gasteiger partial charge in [-0.15, -0.1) is 0 Å². The number of rotatable bonds is 11. The van der Waals surface area contributed by atoms with E-state index in [9.17, 15) is 0 Å². The summed E-state index contributed by atoms with van der Waals surface area (Å²) >= 11 is 0. The van der Waals surface area contributed by atoms with Gasteiger partial charge in [-0.2, -0.15) is 0 Å². The SMILES string of the molecule is c1ccc(-c2ccc(N(c3ccc4c(c3)c3cc(-c5ccc(N(c6ccccc6)c6ccc(-c7cccc8c7oc7ccccc78)cc6)cc5)ccc3n4-c3ccc4c5ccccc5c5ccccc5c4c3)c3ccc(-c4ccccc4)c4ccccc34)cc2)cc1. The van der Waals surface area contributed by atoms with Gasteiger partial charge in [0.1, 0.15) is 11.2 Å². The molecular formula is C88H57N3O. The largest absolute Gasteiger partial charge is 0.455 e. The summed E-state index contributed by atoms with van der Waals surface area (Å²) in [6, 6.07) is 126. The highest BCUT2D eigenvalue weighted by Gasteiger charge is 2.23. The lowest BCUT2D eigenvalue weighted by Crippen LogP contribution is -2.10. The molecule has 92 heavy (non-hydrogen) atoms. The summed E-state index contributed by atoms with van der Waals surface area (Å²) in [5, 5.41) is 14.5. The number of para-hydroxylation sites is 3. The molecule has 2 heterocycles. The maximum Gasteiger partial charge on any atom is 0.143 e. The minimum Gasteiger partial charge on any atom is -0.455 e. The molecule has 0 amide bonds. The molecule has 0 spiro atoms. The van der Waals surface area contributed by atoms with Crippen molar-refractivity contribution in [3.8, 4) is 50.2 Å². The first-order valence-electron chi connectivity index (χ1n) is 31.5. The molecule has 430 valence electrons. The second-order valence-corrected chi connectivity index (χ2v) is 23.9. The van der Waals surface area contributed by atoms with Crippen LogP contribution in [0.2, 0.25) is 0 Å². The van der Waals surface area contributed by atoms with Crippen LogP contribution < -0.4 is 9.80 Å². The molecule has 0 N–H and O–H groups in total. The number of furan rings is 1. The summed E-state index contributed by atoms with van der Waals surface area (Å²) in [6.07, 6.45) is 0. The first-order valence-corrected chi connectivity index (χ1v) is 31.5. The van der Waals surface area contributed by atoms with Gasteiger partial charge in [-0.3, -0.25) is 0 Å². The molecule has 0 atom stereocenters. The summed E-state index contributed by atoms with van der Waals surface area (Å²) in [6.45, 7) is 0. The van der Waals surface area contributed by atoms with Crippen LogP contribution in [0, 0.1) is 0 Å². The minimum absolute atomic E-state index is 0.897. The van der Waals surface area contributed by atoms with Crippen molar-refractivity contribution in [2.45, 2.75) is 0 Å². The van der Waals surface area contributed by atoms with E-state index in [-0.39, 0.29) is 0 Å². The molecule has 4 nitrogen and oxygen atoms in total. The molecule has 0 saturated heterocycles. The normalized spacial score (nSPS) is 11.7.